The lowest BCUT2D eigenvalue weighted by Crippen LogP contribution is -2.35. The van der Waals surface area contributed by atoms with Crippen molar-refractivity contribution in [3.05, 3.63) is 59.7 Å². The van der Waals surface area contributed by atoms with Gasteiger partial charge in [-0.25, -0.2) is 0 Å². The zero-order chi connectivity index (χ0) is 20.0. The van der Waals surface area contributed by atoms with E-state index in [4.69, 9.17) is 5.73 Å². The smallest absolute Gasteiger partial charge is 0.325 e. The highest BCUT2D eigenvalue weighted by Gasteiger charge is 2.30. The van der Waals surface area contributed by atoms with Crippen LogP contribution in [0, 0.1) is 0 Å². The topological polar surface area (TPSA) is 84.2 Å². The Bertz CT molecular complexity index is 822. The molecule has 8 heteroatoms. The first-order valence-corrected chi connectivity index (χ1v) is 8.36. The minimum Gasteiger partial charge on any atom is -0.325 e. The Hall–Kier alpha value is -2.87. The minimum absolute atomic E-state index is 0.0224. The largest absolute Gasteiger partial charge is 0.416 e. The van der Waals surface area contributed by atoms with Gasteiger partial charge in [0.15, 0.2) is 0 Å². The molecule has 27 heavy (non-hydrogen) atoms. The maximum absolute atomic E-state index is 12.8. The third-order valence-electron chi connectivity index (χ3n) is 3.78. The van der Waals surface area contributed by atoms with E-state index in [0.717, 1.165) is 18.6 Å². The summed E-state index contributed by atoms with van der Waals surface area (Å²) in [4.78, 5) is 24.3. The molecule has 0 radical (unpaired) electrons. The molecule has 2 rings (SSSR count). The molecule has 0 spiro atoms. The normalized spacial score (nSPS) is 12.3. The highest BCUT2D eigenvalue weighted by molar-refractivity contribution is 6.05. The van der Waals surface area contributed by atoms with Gasteiger partial charge in [-0.05, 0) is 42.8 Å². The Morgan fingerprint density at radius 2 is 1.67 bits per heavy atom. The number of rotatable bonds is 6. The number of alkyl halides is 3. The fraction of sp³-hybridized carbons (Fsp3) is 0.263. The molecule has 0 saturated carbocycles. The highest BCUT2D eigenvalue weighted by Crippen LogP contribution is 2.30. The van der Waals surface area contributed by atoms with Crippen molar-refractivity contribution in [2.45, 2.75) is 32.0 Å². The van der Waals surface area contributed by atoms with E-state index < -0.39 is 23.7 Å². The van der Waals surface area contributed by atoms with Crippen LogP contribution in [0.3, 0.4) is 0 Å². The lowest BCUT2D eigenvalue weighted by Gasteiger charge is -2.12. The van der Waals surface area contributed by atoms with Gasteiger partial charge in [0, 0.05) is 16.9 Å². The number of anilines is 2. The van der Waals surface area contributed by atoms with Crippen molar-refractivity contribution in [1.82, 2.24) is 0 Å². The predicted octanol–water partition coefficient (Wildman–Crippen LogP) is 4.02. The van der Waals surface area contributed by atoms with Gasteiger partial charge >= 0.3 is 6.18 Å². The number of carbonyl (C=O) groups excluding carboxylic acids is 2. The van der Waals surface area contributed by atoms with E-state index in [2.05, 4.69) is 10.6 Å². The van der Waals surface area contributed by atoms with Gasteiger partial charge in [-0.1, -0.05) is 25.5 Å². The van der Waals surface area contributed by atoms with Gasteiger partial charge in [-0.15, -0.1) is 0 Å². The van der Waals surface area contributed by atoms with Crippen molar-refractivity contribution in [2.75, 3.05) is 10.6 Å². The summed E-state index contributed by atoms with van der Waals surface area (Å²) in [7, 11) is 0. The molecule has 1 unspecified atom stereocenters. The molecule has 0 aromatic heterocycles. The molecule has 0 aliphatic rings. The first-order valence-electron chi connectivity index (χ1n) is 8.36. The Morgan fingerprint density at radius 3 is 2.30 bits per heavy atom. The Labute approximate surface area is 154 Å². The van der Waals surface area contributed by atoms with Crippen LogP contribution in [0.5, 0.6) is 0 Å². The van der Waals surface area contributed by atoms with Crippen LogP contribution < -0.4 is 16.4 Å². The average Bonchev–Trinajstić information content (AvgIpc) is 2.61. The van der Waals surface area contributed by atoms with Crippen LogP contribution in [0.15, 0.2) is 48.5 Å². The van der Waals surface area contributed by atoms with Crippen LogP contribution in [0.1, 0.15) is 35.7 Å². The fourth-order valence-corrected chi connectivity index (χ4v) is 2.39. The van der Waals surface area contributed by atoms with Gasteiger partial charge in [0.25, 0.3) is 5.91 Å². The summed E-state index contributed by atoms with van der Waals surface area (Å²) in [5, 5.41) is 5.04. The third-order valence-corrected chi connectivity index (χ3v) is 3.78. The number of carbonyl (C=O) groups is 2. The van der Waals surface area contributed by atoms with Gasteiger partial charge in [0.05, 0.1) is 11.6 Å². The van der Waals surface area contributed by atoms with Crippen molar-refractivity contribution in [2.24, 2.45) is 5.73 Å². The molecule has 2 aromatic rings. The molecule has 2 aromatic carbocycles. The van der Waals surface area contributed by atoms with Crippen LogP contribution in [-0.4, -0.2) is 17.9 Å². The first kappa shape index (κ1) is 20.4. The van der Waals surface area contributed by atoms with E-state index in [1.54, 1.807) is 12.1 Å². The summed E-state index contributed by atoms with van der Waals surface area (Å²) in [5.74, 6) is -0.962. The van der Waals surface area contributed by atoms with Crippen LogP contribution in [-0.2, 0) is 11.0 Å². The number of benzene rings is 2. The van der Waals surface area contributed by atoms with Gasteiger partial charge in [-0.3, -0.25) is 9.59 Å². The van der Waals surface area contributed by atoms with E-state index in [9.17, 15) is 22.8 Å². The number of hydrogen-bond donors (Lipinski definition) is 3. The lowest BCUT2D eigenvalue weighted by molar-refractivity contribution is -0.137. The van der Waals surface area contributed by atoms with E-state index >= 15 is 0 Å². The summed E-state index contributed by atoms with van der Waals surface area (Å²) < 4.78 is 38.3. The molecule has 0 aliphatic heterocycles. The van der Waals surface area contributed by atoms with Crippen molar-refractivity contribution >= 4 is 23.2 Å². The van der Waals surface area contributed by atoms with Crippen LogP contribution in [0.4, 0.5) is 24.5 Å². The van der Waals surface area contributed by atoms with E-state index in [0.29, 0.717) is 12.1 Å². The Morgan fingerprint density at radius 1 is 1.04 bits per heavy atom. The molecular formula is C19H20F3N3O2. The molecule has 4 N–H and O–H groups in total. The lowest BCUT2D eigenvalue weighted by atomic mass is 10.1. The molecular weight excluding hydrogens is 359 g/mol. The number of amides is 2. The standard InChI is InChI=1S/C19H20F3N3O2/c1-2-5-16(23)18(27)25-14-8-3-6-12(10-14)17(26)24-15-9-4-7-13(11-15)19(20,21)22/h3-4,6-11,16H,2,5,23H2,1H3,(H,24,26)(H,25,27). The predicted molar refractivity (Wildman–Crippen MR) is 97.4 cm³/mol. The van der Waals surface area contributed by atoms with Crippen molar-refractivity contribution in [3.63, 3.8) is 0 Å². The Balaban J connectivity index is 2.10. The minimum atomic E-state index is -4.50. The first-order chi connectivity index (χ1) is 12.7. The van der Waals surface area contributed by atoms with Gasteiger partial charge < -0.3 is 16.4 Å². The summed E-state index contributed by atoms with van der Waals surface area (Å²) in [6.45, 7) is 1.91. The van der Waals surface area contributed by atoms with Gasteiger partial charge in [0.2, 0.25) is 5.91 Å². The van der Waals surface area contributed by atoms with Crippen LogP contribution in [0.25, 0.3) is 0 Å². The van der Waals surface area contributed by atoms with Gasteiger partial charge in [-0.2, -0.15) is 13.2 Å². The molecule has 0 fully saturated rings. The van der Waals surface area contributed by atoms with Crippen molar-refractivity contribution in [1.29, 1.82) is 0 Å². The summed E-state index contributed by atoms with van der Waals surface area (Å²) in [5.41, 5.74) is 5.48. The SMILES string of the molecule is CCCC(N)C(=O)Nc1cccc(C(=O)Nc2cccc(C(F)(F)F)c2)c1. The van der Waals surface area contributed by atoms with Crippen molar-refractivity contribution < 1.29 is 22.8 Å². The number of halogens is 3. The molecule has 144 valence electrons. The second kappa shape index (κ2) is 8.68. The molecule has 0 aliphatic carbocycles. The zero-order valence-corrected chi connectivity index (χ0v) is 14.6. The molecule has 0 saturated heterocycles. The molecule has 1 atom stereocenters. The van der Waals surface area contributed by atoms with Crippen LogP contribution >= 0.6 is 0 Å². The number of nitrogens with one attached hydrogen (secondary N) is 2. The van der Waals surface area contributed by atoms with E-state index in [1.807, 2.05) is 6.92 Å². The summed E-state index contributed by atoms with van der Waals surface area (Å²) >= 11 is 0. The molecule has 5 nitrogen and oxygen atoms in total. The zero-order valence-electron chi connectivity index (χ0n) is 14.6. The number of nitrogens with two attached hydrogens (primary N) is 1. The maximum Gasteiger partial charge on any atom is 0.416 e. The Kier molecular flexibility index (Phi) is 6.57. The highest BCUT2D eigenvalue weighted by atomic mass is 19.4. The molecule has 2 amide bonds. The summed E-state index contributed by atoms with van der Waals surface area (Å²) in [6.07, 6.45) is -3.21. The average molecular weight is 379 g/mol. The maximum atomic E-state index is 12.8. The van der Waals surface area contributed by atoms with Crippen molar-refractivity contribution in [3.8, 4) is 0 Å². The van der Waals surface area contributed by atoms with E-state index in [1.165, 1.54) is 24.3 Å². The monoisotopic (exact) mass is 379 g/mol. The van der Waals surface area contributed by atoms with E-state index in [-0.39, 0.29) is 17.2 Å². The quantitative estimate of drug-likeness (QED) is 0.709. The molecule has 0 heterocycles. The third kappa shape index (κ3) is 5.82. The van der Waals surface area contributed by atoms with Crippen LogP contribution in [0.2, 0.25) is 0 Å². The second-order valence-electron chi connectivity index (χ2n) is 6.00. The molecule has 0 bridgehead atoms. The number of hydrogen-bond acceptors (Lipinski definition) is 3. The second-order valence-corrected chi connectivity index (χ2v) is 6.00. The van der Waals surface area contributed by atoms with Gasteiger partial charge in [0.1, 0.15) is 0 Å². The summed E-state index contributed by atoms with van der Waals surface area (Å²) in [6, 6.07) is 9.77. The fourth-order valence-electron chi connectivity index (χ4n) is 2.39.